The normalized spacial score (nSPS) is 20.4. The van der Waals surface area contributed by atoms with Crippen molar-refractivity contribution in [3.63, 3.8) is 0 Å². The molecule has 2 fully saturated rings. The Bertz CT molecular complexity index is 1680. The second-order valence-corrected chi connectivity index (χ2v) is 11.4. The maximum absolute atomic E-state index is 15.5. The molecule has 8 nitrogen and oxygen atoms in total. The van der Waals surface area contributed by atoms with Gasteiger partial charge < -0.3 is 14.5 Å². The maximum atomic E-state index is 15.5. The Hall–Kier alpha value is -4.27. The van der Waals surface area contributed by atoms with Crippen LogP contribution in [0.2, 0.25) is 0 Å². The van der Waals surface area contributed by atoms with Crippen LogP contribution < -0.4 is 4.90 Å². The Morgan fingerprint density at radius 2 is 1.85 bits per heavy atom. The number of methoxy groups -OCH3 is 1. The third kappa shape index (κ3) is 4.53. The Kier molecular flexibility index (Phi) is 6.25. The van der Waals surface area contributed by atoms with Crippen LogP contribution in [0.15, 0.2) is 54.6 Å². The number of nitrogens with zero attached hydrogens (tertiary/aromatic N) is 5. The van der Waals surface area contributed by atoms with E-state index < -0.39 is 5.82 Å². The monoisotopic (exact) mass is 553 g/mol. The van der Waals surface area contributed by atoms with Crippen LogP contribution >= 0.6 is 0 Å². The molecule has 1 aliphatic carbocycles. The summed E-state index contributed by atoms with van der Waals surface area (Å²) in [6.07, 6.45) is 3.56. The standard InChI is InChI=1S/C32H32FN5O3/c1-19-25-6-4-3-5-20(25)12-14-37(19)31(39)23-15-28(21-7-8-21)38-29(16-23)34-30(35-38)26-10-9-24(17-27(26)33)36-13-11-22(18-36)32(40)41-2/h3-6,9-10,15-17,19,21-22H,7-8,11-14,18H2,1-2H3/t19-,22+/m1/s1. The number of aromatic nitrogens is 3. The fourth-order valence-corrected chi connectivity index (χ4v) is 6.37. The van der Waals surface area contributed by atoms with Gasteiger partial charge in [0.25, 0.3) is 5.91 Å². The number of ether oxygens (including phenoxy) is 1. The number of anilines is 1. The lowest BCUT2D eigenvalue weighted by molar-refractivity contribution is -0.144. The number of amides is 1. The van der Waals surface area contributed by atoms with Crippen LogP contribution in [0, 0.1) is 11.7 Å². The van der Waals surface area contributed by atoms with Crippen LogP contribution in [-0.2, 0) is 16.0 Å². The molecule has 0 N–H and O–H groups in total. The molecule has 1 amide bonds. The Balaban J connectivity index is 1.19. The van der Waals surface area contributed by atoms with Gasteiger partial charge in [-0.05, 0) is 74.1 Å². The molecule has 1 saturated carbocycles. The minimum absolute atomic E-state index is 0.0207. The van der Waals surface area contributed by atoms with E-state index in [1.54, 1.807) is 16.6 Å². The van der Waals surface area contributed by atoms with E-state index >= 15 is 4.39 Å². The van der Waals surface area contributed by atoms with Gasteiger partial charge in [0.05, 0.1) is 24.6 Å². The highest BCUT2D eigenvalue weighted by Gasteiger charge is 2.33. The first kappa shape index (κ1) is 25.7. The third-order valence-electron chi connectivity index (χ3n) is 8.84. The van der Waals surface area contributed by atoms with Crippen LogP contribution in [0.5, 0.6) is 0 Å². The van der Waals surface area contributed by atoms with Crippen molar-refractivity contribution in [3.8, 4) is 11.4 Å². The molecule has 0 radical (unpaired) electrons. The van der Waals surface area contributed by atoms with Crippen LogP contribution in [0.1, 0.15) is 65.3 Å². The summed E-state index contributed by atoms with van der Waals surface area (Å²) in [6.45, 7) is 3.90. The largest absolute Gasteiger partial charge is 0.469 e. The van der Waals surface area contributed by atoms with E-state index in [2.05, 4.69) is 19.1 Å². The van der Waals surface area contributed by atoms with E-state index in [-0.39, 0.29) is 29.7 Å². The summed E-state index contributed by atoms with van der Waals surface area (Å²) in [5.74, 6) is -0.290. The highest BCUT2D eigenvalue weighted by Crippen LogP contribution is 2.41. The van der Waals surface area contributed by atoms with Crippen molar-refractivity contribution in [1.82, 2.24) is 19.5 Å². The molecule has 9 heteroatoms. The summed E-state index contributed by atoms with van der Waals surface area (Å²) in [6, 6.07) is 17.0. The number of esters is 1. The summed E-state index contributed by atoms with van der Waals surface area (Å²) in [5, 5.41) is 4.70. The van der Waals surface area contributed by atoms with Gasteiger partial charge in [-0.2, -0.15) is 0 Å². The number of hydrogen-bond acceptors (Lipinski definition) is 6. The smallest absolute Gasteiger partial charge is 0.310 e. The Morgan fingerprint density at radius 3 is 2.63 bits per heavy atom. The highest BCUT2D eigenvalue weighted by molar-refractivity contribution is 5.96. The molecule has 1 saturated heterocycles. The Morgan fingerprint density at radius 1 is 1.02 bits per heavy atom. The number of pyridine rings is 1. The van der Waals surface area contributed by atoms with Crippen molar-refractivity contribution in [2.24, 2.45) is 5.92 Å². The summed E-state index contributed by atoms with van der Waals surface area (Å²) in [5.41, 5.74) is 5.58. The summed E-state index contributed by atoms with van der Waals surface area (Å²) < 4.78 is 22.1. The van der Waals surface area contributed by atoms with E-state index in [1.807, 2.05) is 34.1 Å². The van der Waals surface area contributed by atoms with E-state index in [9.17, 15) is 9.59 Å². The predicted molar refractivity (Wildman–Crippen MR) is 152 cm³/mol. The van der Waals surface area contributed by atoms with Gasteiger partial charge in [0, 0.05) is 42.5 Å². The first-order valence-corrected chi connectivity index (χ1v) is 14.3. The molecule has 4 heterocycles. The molecule has 210 valence electrons. The number of carbonyl (C=O) groups excluding carboxylic acids is 2. The molecule has 3 aliphatic rings. The molecule has 0 bridgehead atoms. The average Bonchev–Trinajstić information content (AvgIpc) is 3.55. The molecule has 2 aromatic heterocycles. The minimum atomic E-state index is -0.426. The van der Waals surface area contributed by atoms with Gasteiger partial charge in [0.2, 0.25) is 0 Å². The second-order valence-electron chi connectivity index (χ2n) is 11.4. The molecule has 2 aliphatic heterocycles. The van der Waals surface area contributed by atoms with E-state index in [4.69, 9.17) is 14.8 Å². The molecule has 0 spiro atoms. The molecule has 4 aromatic rings. The Labute approximate surface area is 237 Å². The topological polar surface area (TPSA) is 80.0 Å². The van der Waals surface area contributed by atoms with Gasteiger partial charge >= 0.3 is 5.97 Å². The van der Waals surface area contributed by atoms with E-state index in [0.717, 1.165) is 25.0 Å². The van der Waals surface area contributed by atoms with Crippen LogP contribution in [0.25, 0.3) is 17.0 Å². The van der Waals surface area contributed by atoms with Gasteiger partial charge in [-0.1, -0.05) is 24.3 Å². The molecular formula is C32H32FN5O3. The van der Waals surface area contributed by atoms with Gasteiger partial charge in [-0.3, -0.25) is 9.59 Å². The fraction of sp³-hybridized carbons (Fsp3) is 0.375. The zero-order valence-corrected chi connectivity index (χ0v) is 23.2. The summed E-state index contributed by atoms with van der Waals surface area (Å²) >= 11 is 0. The summed E-state index contributed by atoms with van der Waals surface area (Å²) in [7, 11) is 1.39. The number of hydrogen-bond donors (Lipinski definition) is 0. The maximum Gasteiger partial charge on any atom is 0.310 e. The molecule has 41 heavy (non-hydrogen) atoms. The summed E-state index contributed by atoms with van der Waals surface area (Å²) in [4.78, 5) is 34.4. The molecular weight excluding hydrogens is 521 g/mol. The quantitative estimate of drug-likeness (QED) is 0.317. The molecule has 7 rings (SSSR count). The average molecular weight is 554 g/mol. The van der Waals surface area contributed by atoms with Crippen molar-refractivity contribution in [3.05, 3.63) is 82.8 Å². The third-order valence-corrected chi connectivity index (χ3v) is 8.84. The van der Waals surface area contributed by atoms with Crippen LogP contribution in [0.4, 0.5) is 10.1 Å². The SMILES string of the molecule is COC(=O)[C@H]1CCN(c2ccc(-c3nc4cc(C(=O)N5CCc6ccccc6[C@H]5C)cc(C5CC5)n4n3)c(F)c2)C1. The van der Waals surface area contributed by atoms with Gasteiger partial charge in [-0.15, -0.1) is 5.10 Å². The van der Waals surface area contributed by atoms with Crippen LogP contribution in [0.3, 0.4) is 0 Å². The van der Waals surface area contributed by atoms with Crippen LogP contribution in [-0.4, -0.2) is 58.1 Å². The first-order valence-electron chi connectivity index (χ1n) is 14.3. The van der Waals surface area contributed by atoms with E-state index in [0.29, 0.717) is 54.4 Å². The number of benzene rings is 2. The zero-order chi connectivity index (χ0) is 28.2. The highest BCUT2D eigenvalue weighted by atomic mass is 19.1. The predicted octanol–water partition coefficient (Wildman–Crippen LogP) is 5.17. The second kappa shape index (κ2) is 9.98. The minimum Gasteiger partial charge on any atom is -0.469 e. The van der Waals surface area contributed by atoms with Gasteiger partial charge in [-0.25, -0.2) is 13.9 Å². The molecule has 2 atom stereocenters. The fourth-order valence-electron chi connectivity index (χ4n) is 6.37. The van der Waals surface area contributed by atoms with Crippen molar-refractivity contribution in [1.29, 1.82) is 0 Å². The lowest BCUT2D eigenvalue weighted by atomic mass is 9.93. The molecule has 2 aromatic carbocycles. The van der Waals surface area contributed by atoms with E-state index in [1.165, 1.54) is 24.3 Å². The number of carbonyl (C=O) groups is 2. The van der Waals surface area contributed by atoms with Crippen molar-refractivity contribution in [2.45, 2.75) is 44.6 Å². The number of rotatable bonds is 5. The van der Waals surface area contributed by atoms with Crippen molar-refractivity contribution < 1.29 is 18.7 Å². The van der Waals surface area contributed by atoms with Crippen molar-refractivity contribution in [2.75, 3.05) is 31.6 Å². The lowest BCUT2D eigenvalue weighted by Crippen LogP contribution is -2.38. The van der Waals surface area contributed by atoms with Gasteiger partial charge in [0.15, 0.2) is 11.5 Å². The zero-order valence-electron chi connectivity index (χ0n) is 23.2. The number of fused-ring (bicyclic) bond motifs is 2. The lowest BCUT2D eigenvalue weighted by Gasteiger charge is -2.35. The first-order chi connectivity index (χ1) is 19.9. The number of halogens is 1. The molecule has 0 unspecified atom stereocenters. The van der Waals surface area contributed by atoms with Gasteiger partial charge in [0.1, 0.15) is 5.82 Å². The van der Waals surface area contributed by atoms with Crippen molar-refractivity contribution >= 4 is 23.2 Å².